The zero-order chi connectivity index (χ0) is 24.2. The average molecular weight is 470 g/mol. The van der Waals surface area contributed by atoms with Gasteiger partial charge in [-0.15, -0.1) is 0 Å². The van der Waals surface area contributed by atoms with Gasteiger partial charge in [-0.2, -0.15) is 0 Å². The summed E-state index contributed by atoms with van der Waals surface area (Å²) < 4.78 is 27.0. The van der Waals surface area contributed by atoms with Crippen molar-refractivity contribution in [2.24, 2.45) is 5.92 Å². The van der Waals surface area contributed by atoms with Gasteiger partial charge in [0.05, 0.1) is 0 Å². The molecule has 2 aromatic carbocycles. The molecule has 0 bridgehead atoms. The number of hydrogen-bond donors (Lipinski definition) is 2. The summed E-state index contributed by atoms with van der Waals surface area (Å²) in [5.74, 6) is -1.55. The first-order chi connectivity index (χ1) is 16.3. The minimum absolute atomic E-state index is 0.00168. The maximum absolute atomic E-state index is 13.7. The molecule has 0 radical (unpaired) electrons. The van der Waals surface area contributed by atoms with Crippen molar-refractivity contribution in [3.63, 3.8) is 0 Å². The number of rotatable bonds is 6. The Kier molecular flexibility index (Phi) is 7.24. The number of nitrogens with zero attached hydrogens (tertiary/aromatic N) is 1. The highest BCUT2D eigenvalue weighted by molar-refractivity contribution is 5.98. The van der Waals surface area contributed by atoms with Crippen LogP contribution in [0, 0.1) is 24.5 Å². The molecule has 180 valence electrons. The fourth-order valence-corrected chi connectivity index (χ4v) is 5.04. The number of carbonyl (C=O) groups is 3. The number of hydrogen-bond acceptors (Lipinski definition) is 3. The number of halogens is 2. The minimum Gasteiger partial charge on any atom is -0.353 e. The third-order valence-corrected chi connectivity index (χ3v) is 6.86. The summed E-state index contributed by atoms with van der Waals surface area (Å²) in [6.45, 7) is 1.98. The second kappa shape index (κ2) is 10.3. The fourth-order valence-electron chi connectivity index (χ4n) is 5.04. The van der Waals surface area contributed by atoms with E-state index in [9.17, 15) is 23.2 Å². The van der Waals surface area contributed by atoms with Gasteiger partial charge in [0.15, 0.2) is 0 Å². The number of benzene rings is 2. The van der Waals surface area contributed by atoms with Crippen LogP contribution >= 0.6 is 0 Å². The number of aryl methyl sites for hydroxylation is 1. The quantitative estimate of drug-likeness (QED) is 0.635. The van der Waals surface area contributed by atoms with Crippen LogP contribution in [0.3, 0.4) is 0 Å². The van der Waals surface area contributed by atoms with Crippen LogP contribution in [0.25, 0.3) is 0 Å². The summed E-state index contributed by atoms with van der Waals surface area (Å²) >= 11 is 0. The van der Waals surface area contributed by atoms with Gasteiger partial charge in [-0.25, -0.2) is 8.78 Å². The second-order valence-corrected chi connectivity index (χ2v) is 9.09. The van der Waals surface area contributed by atoms with E-state index in [1.807, 2.05) is 0 Å². The van der Waals surface area contributed by atoms with Crippen molar-refractivity contribution in [2.45, 2.75) is 51.1 Å². The number of amides is 3. The maximum atomic E-state index is 13.7. The predicted molar refractivity (Wildman–Crippen MR) is 123 cm³/mol. The van der Waals surface area contributed by atoms with E-state index in [0.29, 0.717) is 17.5 Å². The van der Waals surface area contributed by atoms with Crippen molar-refractivity contribution in [2.75, 3.05) is 13.1 Å². The molecule has 0 unspecified atom stereocenters. The summed E-state index contributed by atoms with van der Waals surface area (Å²) in [6.07, 6.45) is 4.52. The van der Waals surface area contributed by atoms with E-state index in [-0.39, 0.29) is 42.4 Å². The zero-order valence-electron chi connectivity index (χ0n) is 19.2. The molecule has 3 amide bonds. The first-order valence-electron chi connectivity index (χ1n) is 11.8. The largest absolute Gasteiger partial charge is 0.353 e. The SMILES string of the molecule is Cc1ccc(C(=O)NCCNC(=O)[C@@H]2C[C@H]3CCCC[C@@H]3N2C(=O)c2ccc(F)cc2)cc1F. The maximum Gasteiger partial charge on any atom is 0.254 e. The molecule has 2 aliphatic rings. The lowest BCUT2D eigenvalue weighted by molar-refractivity contribution is -0.125. The van der Waals surface area contributed by atoms with Crippen molar-refractivity contribution >= 4 is 17.7 Å². The monoisotopic (exact) mass is 469 g/mol. The molecule has 1 saturated carbocycles. The first kappa shape index (κ1) is 23.9. The highest BCUT2D eigenvalue weighted by Gasteiger charge is 2.47. The molecule has 34 heavy (non-hydrogen) atoms. The summed E-state index contributed by atoms with van der Waals surface area (Å²) in [4.78, 5) is 40.3. The summed E-state index contributed by atoms with van der Waals surface area (Å²) in [7, 11) is 0. The number of likely N-dealkylation sites (tertiary alicyclic amines) is 1. The normalized spacial score (nSPS) is 21.6. The van der Waals surface area contributed by atoms with Crippen molar-refractivity contribution in [3.05, 3.63) is 70.8 Å². The summed E-state index contributed by atoms with van der Waals surface area (Å²) in [5, 5.41) is 5.50. The van der Waals surface area contributed by atoms with E-state index < -0.39 is 23.6 Å². The molecule has 0 spiro atoms. The number of carbonyl (C=O) groups excluding carboxylic acids is 3. The average Bonchev–Trinajstić information content (AvgIpc) is 3.23. The van der Waals surface area contributed by atoms with Crippen LogP contribution in [0.2, 0.25) is 0 Å². The predicted octanol–water partition coefficient (Wildman–Crippen LogP) is 3.59. The molecule has 2 N–H and O–H groups in total. The number of nitrogens with one attached hydrogen (secondary N) is 2. The molecule has 4 rings (SSSR count). The fraction of sp³-hybridized carbons (Fsp3) is 0.423. The number of fused-ring (bicyclic) bond motifs is 1. The highest BCUT2D eigenvalue weighted by Crippen LogP contribution is 2.40. The van der Waals surface area contributed by atoms with Gasteiger partial charge in [-0.05, 0) is 74.1 Å². The molecular weight excluding hydrogens is 440 g/mol. The summed E-state index contributed by atoms with van der Waals surface area (Å²) in [5.41, 5.74) is 1.04. The lowest BCUT2D eigenvalue weighted by atomic mass is 9.84. The molecule has 1 aliphatic heterocycles. The molecule has 6 nitrogen and oxygen atoms in total. The van der Waals surface area contributed by atoms with Gasteiger partial charge in [0, 0.05) is 30.3 Å². The zero-order valence-corrected chi connectivity index (χ0v) is 19.2. The Balaban J connectivity index is 1.37. The molecule has 1 aliphatic carbocycles. The molecule has 2 aromatic rings. The van der Waals surface area contributed by atoms with Crippen LogP contribution in [0.15, 0.2) is 42.5 Å². The minimum atomic E-state index is -0.604. The van der Waals surface area contributed by atoms with E-state index in [4.69, 9.17) is 0 Å². The van der Waals surface area contributed by atoms with Crippen LogP contribution in [-0.4, -0.2) is 47.8 Å². The van der Waals surface area contributed by atoms with E-state index >= 15 is 0 Å². The van der Waals surface area contributed by atoms with Gasteiger partial charge in [0.25, 0.3) is 11.8 Å². The first-order valence-corrected chi connectivity index (χ1v) is 11.8. The van der Waals surface area contributed by atoms with Gasteiger partial charge < -0.3 is 15.5 Å². The Morgan fingerprint density at radius 2 is 1.62 bits per heavy atom. The summed E-state index contributed by atoms with van der Waals surface area (Å²) in [6, 6.07) is 9.06. The third kappa shape index (κ3) is 5.11. The lowest BCUT2D eigenvalue weighted by Crippen LogP contribution is -2.50. The molecule has 0 aromatic heterocycles. The molecule has 3 atom stereocenters. The molecule has 2 fully saturated rings. The second-order valence-electron chi connectivity index (χ2n) is 9.09. The van der Waals surface area contributed by atoms with Crippen molar-refractivity contribution in [3.8, 4) is 0 Å². The van der Waals surface area contributed by atoms with Crippen LogP contribution in [-0.2, 0) is 4.79 Å². The molecule has 8 heteroatoms. The smallest absolute Gasteiger partial charge is 0.254 e. The Hall–Kier alpha value is -3.29. The Morgan fingerprint density at radius 3 is 2.35 bits per heavy atom. The molecule has 1 heterocycles. The lowest BCUT2D eigenvalue weighted by Gasteiger charge is -2.33. The van der Waals surface area contributed by atoms with Crippen LogP contribution in [0.4, 0.5) is 8.78 Å². The van der Waals surface area contributed by atoms with Crippen molar-refractivity contribution in [1.82, 2.24) is 15.5 Å². The van der Waals surface area contributed by atoms with Gasteiger partial charge in [0.2, 0.25) is 5.91 Å². The van der Waals surface area contributed by atoms with Crippen LogP contribution in [0.1, 0.15) is 58.4 Å². The van der Waals surface area contributed by atoms with Gasteiger partial charge in [-0.3, -0.25) is 14.4 Å². The molecule has 1 saturated heterocycles. The topological polar surface area (TPSA) is 78.5 Å². The van der Waals surface area contributed by atoms with Gasteiger partial charge in [0.1, 0.15) is 17.7 Å². The van der Waals surface area contributed by atoms with Crippen LogP contribution in [0.5, 0.6) is 0 Å². The third-order valence-electron chi connectivity index (χ3n) is 6.86. The van der Waals surface area contributed by atoms with Crippen molar-refractivity contribution in [1.29, 1.82) is 0 Å². The highest BCUT2D eigenvalue weighted by atomic mass is 19.1. The van der Waals surface area contributed by atoms with E-state index in [1.54, 1.807) is 17.9 Å². The Morgan fingerprint density at radius 1 is 0.941 bits per heavy atom. The Labute approximate surface area is 197 Å². The van der Waals surface area contributed by atoms with Gasteiger partial charge >= 0.3 is 0 Å². The molecular formula is C26H29F2N3O3. The van der Waals surface area contributed by atoms with E-state index in [1.165, 1.54) is 36.4 Å². The Bertz CT molecular complexity index is 1070. The van der Waals surface area contributed by atoms with E-state index in [0.717, 1.165) is 25.7 Å². The van der Waals surface area contributed by atoms with E-state index in [2.05, 4.69) is 10.6 Å². The van der Waals surface area contributed by atoms with Crippen molar-refractivity contribution < 1.29 is 23.2 Å². The van der Waals surface area contributed by atoms with Gasteiger partial charge in [-0.1, -0.05) is 18.9 Å². The van der Waals surface area contributed by atoms with Crippen LogP contribution < -0.4 is 10.6 Å². The standard InChI is InChI=1S/C26H29F2N3O3/c1-16-6-7-19(14-21(16)28)24(32)29-12-13-30-25(33)23-15-18-4-2-3-5-22(18)31(23)26(34)17-8-10-20(27)11-9-17/h6-11,14,18,22-23H,2-5,12-13,15H2,1H3,(H,29,32)(H,30,33)/t18-,22+,23+/m1/s1.